The smallest absolute Gasteiger partial charge is 0.335 e. The highest BCUT2D eigenvalue weighted by Crippen LogP contribution is 2.08. The van der Waals surface area contributed by atoms with Crippen molar-refractivity contribution in [3.05, 3.63) is 55.1 Å². The molecule has 2 nitrogen and oxygen atoms in total. The van der Waals surface area contributed by atoms with Crippen LogP contribution < -0.4 is 4.74 Å². The standard InChI is InChI=1S/C12H12O2/c1-2-3-5-10-12(13)14-11-8-6-4-7-9-11/h2,4-10H,1,3H2. The van der Waals surface area contributed by atoms with Gasteiger partial charge in [0.05, 0.1) is 0 Å². The lowest BCUT2D eigenvalue weighted by Crippen LogP contribution is -2.03. The summed E-state index contributed by atoms with van der Waals surface area (Å²) < 4.78 is 5.00. The third-order valence-corrected chi connectivity index (χ3v) is 1.52. The molecule has 1 aromatic carbocycles. The highest BCUT2D eigenvalue weighted by atomic mass is 16.5. The molecule has 1 rings (SSSR count). The third-order valence-electron chi connectivity index (χ3n) is 1.52. The van der Waals surface area contributed by atoms with Gasteiger partial charge in [-0.05, 0) is 18.6 Å². The van der Waals surface area contributed by atoms with E-state index in [1.165, 1.54) is 6.08 Å². The van der Waals surface area contributed by atoms with Crippen molar-refractivity contribution < 1.29 is 9.53 Å². The molecule has 0 radical (unpaired) electrons. The van der Waals surface area contributed by atoms with Crippen molar-refractivity contribution in [2.24, 2.45) is 0 Å². The molecule has 0 saturated carbocycles. The Hall–Kier alpha value is -1.83. The molecular formula is C12H12O2. The second kappa shape index (κ2) is 5.75. The summed E-state index contributed by atoms with van der Waals surface area (Å²) in [7, 11) is 0. The molecule has 0 spiro atoms. The summed E-state index contributed by atoms with van der Waals surface area (Å²) in [6.45, 7) is 3.54. The zero-order chi connectivity index (χ0) is 10.2. The number of hydrogen-bond donors (Lipinski definition) is 0. The van der Waals surface area contributed by atoms with E-state index >= 15 is 0 Å². The Labute approximate surface area is 83.5 Å². The summed E-state index contributed by atoms with van der Waals surface area (Å²) in [5, 5.41) is 0. The molecular weight excluding hydrogens is 176 g/mol. The van der Waals surface area contributed by atoms with Gasteiger partial charge in [-0.2, -0.15) is 0 Å². The number of hydrogen-bond acceptors (Lipinski definition) is 2. The Morgan fingerprint density at radius 1 is 1.36 bits per heavy atom. The molecule has 2 heteroatoms. The SMILES string of the molecule is C=CCC=CC(=O)Oc1ccccc1. The highest BCUT2D eigenvalue weighted by molar-refractivity contribution is 5.83. The van der Waals surface area contributed by atoms with Crippen LogP contribution >= 0.6 is 0 Å². The average Bonchev–Trinajstić information content (AvgIpc) is 2.20. The van der Waals surface area contributed by atoms with Crippen molar-refractivity contribution in [2.75, 3.05) is 0 Å². The largest absolute Gasteiger partial charge is 0.423 e. The summed E-state index contributed by atoms with van der Waals surface area (Å²) in [6, 6.07) is 8.97. The van der Waals surface area contributed by atoms with Crippen LogP contribution in [0.25, 0.3) is 0 Å². The van der Waals surface area contributed by atoms with Gasteiger partial charge >= 0.3 is 5.97 Å². The van der Waals surface area contributed by atoms with Gasteiger partial charge in [0.25, 0.3) is 0 Å². The molecule has 0 aliphatic rings. The molecule has 0 saturated heterocycles. The Balaban J connectivity index is 2.45. The maximum absolute atomic E-state index is 11.1. The summed E-state index contributed by atoms with van der Waals surface area (Å²) in [5.74, 6) is 0.193. The zero-order valence-electron chi connectivity index (χ0n) is 7.85. The van der Waals surface area contributed by atoms with Crippen LogP contribution in [0.3, 0.4) is 0 Å². The fraction of sp³-hybridized carbons (Fsp3) is 0.0833. The lowest BCUT2D eigenvalue weighted by Gasteiger charge is -1.98. The topological polar surface area (TPSA) is 26.3 Å². The minimum absolute atomic E-state index is 0.363. The van der Waals surface area contributed by atoms with E-state index in [0.717, 1.165) is 0 Å². The maximum atomic E-state index is 11.1. The fourth-order valence-electron chi connectivity index (χ4n) is 0.899. The van der Waals surface area contributed by atoms with Crippen LogP contribution in [-0.2, 0) is 4.79 Å². The zero-order valence-corrected chi connectivity index (χ0v) is 7.85. The predicted octanol–water partition coefficient (Wildman–Crippen LogP) is 2.72. The van der Waals surface area contributed by atoms with Gasteiger partial charge in [-0.3, -0.25) is 0 Å². The van der Waals surface area contributed by atoms with E-state index < -0.39 is 0 Å². The van der Waals surface area contributed by atoms with Crippen LogP contribution in [0.4, 0.5) is 0 Å². The number of ether oxygens (including phenoxy) is 1. The first-order chi connectivity index (χ1) is 6.83. The van der Waals surface area contributed by atoms with Crippen molar-refractivity contribution >= 4 is 5.97 Å². The third kappa shape index (κ3) is 3.72. The van der Waals surface area contributed by atoms with Gasteiger partial charge in [-0.25, -0.2) is 4.79 Å². The Bertz CT molecular complexity index is 325. The molecule has 0 atom stereocenters. The first kappa shape index (κ1) is 10.3. The first-order valence-electron chi connectivity index (χ1n) is 4.37. The molecule has 0 heterocycles. The number of rotatable bonds is 4. The van der Waals surface area contributed by atoms with E-state index in [-0.39, 0.29) is 5.97 Å². The van der Waals surface area contributed by atoms with Crippen molar-refractivity contribution in [1.29, 1.82) is 0 Å². The number of carbonyl (C=O) groups excluding carboxylic acids is 1. The Morgan fingerprint density at radius 3 is 2.71 bits per heavy atom. The monoisotopic (exact) mass is 188 g/mol. The number of carbonyl (C=O) groups is 1. The van der Waals surface area contributed by atoms with E-state index in [1.807, 2.05) is 18.2 Å². The lowest BCUT2D eigenvalue weighted by molar-refractivity contribution is -0.129. The highest BCUT2D eigenvalue weighted by Gasteiger charge is 1.97. The minimum atomic E-state index is -0.363. The molecule has 0 bridgehead atoms. The number of benzene rings is 1. The second-order valence-corrected chi connectivity index (χ2v) is 2.66. The summed E-state index contributed by atoms with van der Waals surface area (Å²) in [5.41, 5.74) is 0. The predicted molar refractivity (Wildman–Crippen MR) is 56.0 cm³/mol. The van der Waals surface area contributed by atoms with Gasteiger partial charge in [0.15, 0.2) is 0 Å². The molecule has 1 aromatic rings. The molecule has 0 amide bonds. The van der Waals surface area contributed by atoms with E-state index in [9.17, 15) is 4.79 Å². The summed E-state index contributed by atoms with van der Waals surface area (Å²) in [4.78, 5) is 11.1. The van der Waals surface area contributed by atoms with E-state index in [0.29, 0.717) is 12.2 Å². The van der Waals surface area contributed by atoms with E-state index in [2.05, 4.69) is 6.58 Å². The molecule has 0 fully saturated rings. The van der Waals surface area contributed by atoms with Crippen molar-refractivity contribution in [3.63, 3.8) is 0 Å². The normalized spacial score (nSPS) is 10.0. The Morgan fingerprint density at radius 2 is 2.07 bits per heavy atom. The van der Waals surface area contributed by atoms with Crippen LogP contribution in [-0.4, -0.2) is 5.97 Å². The van der Waals surface area contributed by atoms with Crippen molar-refractivity contribution in [2.45, 2.75) is 6.42 Å². The molecule has 14 heavy (non-hydrogen) atoms. The van der Waals surface area contributed by atoms with Crippen molar-refractivity contribution in [3.8, 4) is 5.75 Å². The van der Waals surface area contributed by atoms with Gasteiger partial charge in [0, 0.05) is 6.08 Å². The molecule has 0 aliphatic carbocycles. The average molecular weight is 188 g/mol. The van der Waals surface area contributed by atoms with Crippen LogP contribution in [0.2, 0.25) is 0 Å². The summed E-state index contributed by atoms with van der Waals surface area (Å²) >= 11 is 0. The van der Waals surface area contributed by atoms with Gasteiger partial charge in [0.2, 0.25) is 0 Å². The number of esters is 1. The van der Waals surface area contributed by atoms with Crippen LogP contribution in [0.5, 0.6) is 5.75 Å². The van der Waals surface area contributed by atoms with Gasteiger partial charge in [-0.1, -0.05) is 30.4 Å². The molecule has 0 N–H and O–H groups in total. The van der Waals surface area contributed by atoms with Crippen LogP contribution in [0.15, 0.2) is 55.1 Å². The van der Waals surface area contributed by atoms with Gasteiger partial charge in [-0.15, -0.1) is 6.58 Å². The second-order valence-electron chi connectivity index (χ2n) is 2.66. The molecule has 0 aromatic heterocycles. The maximum Gasteiger partial charge on any atom is 0.335 e. The first-order valence-corrected chi connectivity index (χ1v) is 4.37. The van der Waals surface area contributed by atoms with E-state index in [1.54, 1.807) is 24.3 Å². The number of allylic oxidation sites excluding steroid dienone is 2. The Kier molecular flexibility index (Phi) is 4.21. The minimum Gasteiger partial charge on any atom is -0.423 e. The summed E-state index contributed by atoms with van der Waals surface area (Å²) in [6.07, 6.45) is 5.49. The lowest BCUT2D eigenvalue weighted by atomic mass is 10.3. The van der Waals surface area contributed by atoms with Gasteiger partial charge < -0.3 is 4.74 Å². The van der Waals surface area contributed by atoms with Crippen LogP contribution in [0.1, 0.15) is 6.42 Å². The number of para-hydroxylation sites is 1. The molecule has 0 unspecified atom stereocenters. The molecule has 0 aliphatic heterocycles. The molecule has 72 valence electrons. The van der Waals surface area contributed by atoms with E-state index in [4.69, 9.17) is 4.74 Å². The fourth-order valence-corrected chi connectivity index (χ4v) is 0.899. The quantitative estimate of drug-likeness (QED) is 0.314. The van der Waals surface area contributed by atoms with Crippen molar-refractivity contribution in [1.82, 2.24) is 0 Å². The van der Waals surface area contributed by atoms with Gasteiger partial charge in [0.1, 0.15) is 5.75 Å². The van der Waals surface area contributed by atoms with Crippen LogP contribution in [0, 0.1) is 0 Å².